The van der Waals surface area contributed by atoms with Gasteiger partial charge in [0.2, 0.25) is 0 Å². The number of benzene rings is 1. The molecular formula is C16H22ClN3. The van der Waals surface area contributed by atoms with Crippen molar-refractivity contribution in [3.05, 3.63) is 29.6 Å². The van der Waals surface area contributed by atoms with E-state index < -0.39 is 0 Å². The van der Waals surface area contributed by atoms with Crippen LogP contribution in [0, 0.1) is 6.92 Å². The van der Waals surface area contributed by atoms with Crippen LogP contribution in [-0.4, -0.2) is 40.0 Å². The van der Waals surface area contributed by atoms with E-state index in [9.17, 15) is 0 Å². The first kappa shape index (κ1) is 13.9. The van der Waals surface area contributed by atoms with E-state index in [1.165, 1.54) is 23.9 Å². The molecule has 0 unspecified atom stereocenters. The number of hydrogen-bond acceptors (Lipinski definition) is 2. The van der Waals surface area contributed by atoms with Crippen LogP contribution in [0.3, 0.4) is 0 Å². The summed E-state index contributed by atoms with van der Waals surface area (Å²) in [5.74, 6) is 1.74. The van der Waals surface area contributed by atoms with Gasteiger partial charge < -0.3 is 9.47 Å². The van der Waals surface area contributed by atoms with E-state index in [-0.39, 0.29) is 0 Å². The fraction of sp³-hybridized carbons (Fsp3) is 0.562. The molecule has 0 saturated heterocycles. The van der Waals surface area contributed by atoms with Crippen molar-refractivity contribution in [2.45, 2.75) is 38.8 Å². The molecule has 0 N–H and O–H groups in total. The number of hydrogen-bond donors (Lipinski definition) is 0. The van der Waals surface area contributed by atoms with E-state index in [1.807, 2.05) is 0 Å². The molecule has 108 valence electrons. The van der Waals surface area contributed by atoms with E-state index in [2.05, 4.69) is 41.6 Å². The fourth-order valence-electron chi connectivity index (χ4n) is 2.77. The van der Waals surface area contributed by atoms with Gasteiger partial charge in [0, 0.05) is 31.4 Å². The topological polar surface area (TPSA) is 21.1 Å². The molecule has 1 fully saturated rings. The molecule has 0 aliphatic heterocycles. The van der Waals surface area contributed by atoms with E-state index in [0.29, 0.717) is 5.88 Å². The average molecular weight is 292 g/mol. The molecule has 0 bridgehead atoms. The second-order valence-electron chi connectivity index (χ2n) is 5.82. The Morgan fingerprint density at radius 3 is 2.90 bits per heavy atom. The maximum atomic E-state index is 5.93. The highest BCUT2D eigenvalue weighted by Gasteiger charge is 2.25. The van der Waals surface area contributed by atoms with E-state index >= 15 is 0 Å². The lowest BCUT2D eigenvalue weighted by molar-refractivity contribution is 0.309. The van der Waals surface area contributed by atoms with E-state index in [0.717, 1.165) is 36.9 Å². The Bertz CT molecular complexity index is 601. The molecule has 1 aromatic heterocycles. The Morgan fingerprint density at radius 1 is 1.40 bits per heavy atom. The number of aromatic nitrogens is 2. The van der Waals surface area contributed by atoms with Crippen molar-refractivity contribution in [1.29, 1.82) is 0 Å². The van der Waals surface area contributed by atoms with Gasteiger partial charge in [-0.3, -0.25) is 0 Å². The summed E-state index contributed by atoms with van der Waals surface area (Å²) < 4.78 is 2.34. The first-order chi connectivity index (χ1) is 9.69. The standard InChI is InChI=1S/C16H22ClN3/c1-12-3-6-15-14(11-12)18-16(7-8-17)20(15)10-9-19(2)13-4-5-13/h3,6,11,13H,4-5,7-10H2,1-2H3. The van der Waals surface area contributed by atoms with Crippen LogP contribution >= 0.6 is 11.6 Å². The average Bonchev–Trinajstić information content (AvgIpc) is 3.20. The minimum atomic E-state index is 0.626. The molecule has 1 aliphatic rings. The first-order valence-electron chi connectivity index (χ1n) is 7.41. The molecule has 1 heterocycles. The van der Waals surface area contributed by atoms with E-state index in [1.54, 1.807) is 0 Å². The summed E-state index contributed by atoms with van der Waals surface area (Å²) in [7, 11) is 2.22. The van der Waals surface area contributed by atoms with Crippen LogP contribution in [-0.2, 0) is 13.0 Å². The molecule has 0 atom stereocenters. The summed E-state index contributed by atoms with van der Waals surface area (Å²) in [5, 5.41) is 0. The summed E-state index contributed by atoms with van der Waals surface area (Å²) in [6.07, 6.45) is 3.55. The second kappa shape index (κ2) is 5.74. The number of aryl methyl sites for hydroxylation is 2. The third-order valence-electron chi connectivity index (χ3n) is 4.15. The van der Waals surface area contributed by atoms with Crippen molar-refractivity contribution in [2.75, 3.05) is 19.5 Å². The number of fused-ring (bicyclic) bond motifs is 1. The summed E-state index contributed by atoms with van der Waals surface area (Å²) >= 11 is 5.93. The van der Waals surface area contributed by atoms with Crippen LogP contribution in [0.1, 0.15) is 24.2 Å². The highest BCUT2D eigenvalue weighted by atomic mass is 35.5. The summed E-state index contributed by atoms with van der Waals surface area (Å²) in [6, 6.07) is 7.32. The van der Waals surface area contributed by atoms with Crippen molar-refractivity contribution in [1.82, 2.24) is 14.5 Å². The first-order valence-corrected chi connectivity index (χ1v) is 7.94. The Kier molecular flexibility index (Phi) is 3.99. The summed E-state index contributed by atoms with van der Waals surface area (Å²) in [6.45, 7) is 4.19. The second-order valence-corrected chi connectivity index (χ2v) is 6.20. The Morgan fingerprint density at radius 2 is 2.20 bits per heavy atom. The Hall–Kier alpha value is -1.06. The molecule has 4 heteroatoms. The smallest absolute Gasteiger partial charge is 0.111 e. The minimum Gasteiger partial charge on any atom is -0.327 e. The molecule has 3 rings (SSSR count). The fourth-order valence-corrected chi connectivity index (χ4v) is 2.94. The SMILES string of the molecule is Cc1ccc2c(c1)nc(CCCl)n2CCN(C)C1CC1. The Balaban J connectivity index is 1.87. The van der Waals surface area contributed by atoms with Gasteiger partial charge in [-0.2, -0.15) is 0 Å². The van der Waals surface area contributed by atoms with Gasteiger partial charge in [0.15, 0.2) is 0 Å². The number of rotatable bonds is 6. The largest absolute Gasteiger partial charge is 0.327 e. The lowest BCUT2D eigenvalue weighted by atomic mass is 10.2. The summed E-state index contributed by atoms with van der Waals surface area (Å²) in [5.41, 5.74) is 3.59. The highest BCUT2D eigenvalue weighted by Crippen LogP contribution is 2.25. The van der Waals surface area contributed by atoms with Gasteiger partial charge in [-0.15, -0.1) is 11.6 Å². The third-order valence-corrected chi connectivity index (χ3v) is 4.34. The van der Waals surface area contributed by atoms with Crippen molar-refractivity contribution < 1.29 is 0 Å². The third kappa shape index (κ3) is 2.84. The molecule has 1 aliphatic carbocycles. The highest BCUT2D eigenvalue weighted by molar-refractivity contribution is 6.17. The van der Waals surface area contributed by atoms with Crippen LogP contribution in [0.25, 0.3) is 11.0 Å². The van der Waals surface area contributed by atoms with Gasteiger partial charge in [0.05, 0.1) is 11.0 Å². The van der Waals surface area contributed by atoms with Gasteiger partial charge in [0.25, 0.3) is 0 Å². The van der Waals surface area contributed by atoms with Crippen LogP contribution in [0.2, 0.25) is 0 Å². The molecule has 0 radical (unpaired) electrons. The van der Waals surface area contributed by atoms with Crippen LogP contribution < -0.4 is 0 Å². The van der Waals surface area contributed by atoms with Crippen molar-refractivity contribution in [3.8, 4) is 0 Å². The van der Waals surface area contributed by atoms with Crippen molar-refractivity contribution >= 4 is 22.6 Å². The molecule has 1 aromatic carbocycles. The predicted octanol–water partition coefficient (Wildman–Crippen LogP) is 3.22. The lowest BCUT2D eigenvalue weighted by Gasteiger charge is -2.17. The molecule has 3 nitrogen and oxygen atoms in total. The van der Waals surface area contributed by atoms with Gasteiger partial charge in [-0.25, -0.2) is 4.98 Å². The predicted molar refractivity (Wildman–Crippen MR) is 84.5 cm³/mol. The molecule has 0 spiro atoms. The maximum absolute atomic E-state index is 5.93. The minimum absolute atomic E-state index is 0.626. The Labute approximate surface area is 125 Å². The lowest BCUT2D eigenvalue weighted by Crippen LogP contribution is -2.25. The van der Waals surface area contributed by atoms with Gasteiger partial charge in [-0.1, -0.05) is 6.07 Å². The van der Waals surface area contributed by atoms with Gasteiger partial charge in [0.1, 0.15) is 5.82 Å². The van der Waals surface area contributed by atoms with Crippen molar-refractivity contribution in [2.24, 2.45) is 0 Å². The van der Waals surface area contributed by atoms with Crippen LogP contribution in [0.4, 0.5) is 0 Å². The number of alkyl halides is 1. The monoisotopic (exact) mass is 291 g/mol. The molecule has 20 heavy (non-hydrogen) atoms. The number of halogens is 1. The molecule has 0 amide bonds. The van der Waals surface area contributed by atoms with Gasteiger partial charge in [-0.05, 0) is 44.5 Å². The van der Waals surface area contributed by atoms with Gasteiger partial charge >= 0.3 is 0 Å². The normalized spacial score (nSPS) is 15.4. The van der Waals surface area contributed by atoms with Crippen molar-refractivity contribution in [3.63, 3.8) is 0 Å². The van der Waals surface area contributed by atoms with Crippen LogP contribution in [0.5, 0.6) is 0 Å². The molecular weight excluding hydrogens is 270 g/mol. The number of likely N-dealkylation sites (N-methyl/N-ethyl adjacent to an activating group) is 1. The molecule has 1 saturated carbocycles. The summed E-state index contributed by atoms with van der Waals surface area (Å²) in [4.78, 5) is 7.22. The number of nitrogens with zero attached hydrogens (tertiary/aromatic N) is 3. The molecule has 2 aromatic rings. The zero-order chi connectivity index (χ0) is 14.1. The number of imidazole rings is 1. The zero-order valence-electron chi connectivity index (χ0n) is 12.3. The zero-order valence-corrected chi connectivity index (χ0v) is 13.0. The quantitative estimate of drug-likeness (QED) is 0.762. The maximum Gasteiger partial charge on any atom is 0.111 e. The van der Waals surface area contributed by atoms with Crippen LogP contribution in [0.15, 0.2) is 18.2 Å². The van der Waals surface area contributed by atoms with E-state index in [4.69, 9.17) is 16.6 Å².